The van der Waals surface area contributed by atoms with E-state index in [1.807, 2.05) is 12.1 Å². The van der Waals surface area contributed by atoms with Crippen molar-refractivity contribution in [1.82, 2.24) is 4.90 Å². The number of hydrogen-bond donors (Lipinski definition) is 1. The van der Waals surface area contributed by atoms with Gasteiger partial charge in [0.25, 0.3) is 0 Å². The van der Waals surface area contributed by atoms with E-state index in [4.69, 9.17) is 0 Å². The molecule has 30 heavy (non-hydrogen) atoms. The van der Waals surface area contributed by atoms with Crippen molar-refractivity contribution in [2.24, 2.45) is 11.8 Å². The Bertz CT molecular complexity index is 674. The molecule has 2 amide bonds. The van der Waals surface area contributed by atoms with Crippen LogP contribution in [-0.2, 0) is 9.59 Å². The van der Waals surface area contributed by atoms with Crippen LogP contribution in [0.1, 0.15) is 71.6 Å². The molecule has 1 saturated heterocycles. The van der Waals surface area contributed by atoms with Crippen LogP contribution in [0.2, 0.25) is 0 Å². The predicted molar refractivity (Wildman–Crippen MR) is 124 cm³/mol. The molecular formula is C25H39N3O2. The Kier molecular flexibility index (Phi) is 8.59. The molecular weight excluding hydrogens is 374 g/mol. The number of hydrogen-bond acceptors (Lipinski definition) is 3. The Morgan fingerprint density at radius 3 is 2.27 bits per heavy atom. The van der Waals surface area contributed by atoms with Crippen molar-refractivity contribution in [1.29, 1.82) is 0 Å². The zero-order chi connectivity index (χ0) is 21.3. The van der Waals surface area contributed by atoms with Gasteiger partial charge in [0.2, 0.25) is 11.8 Å². The molecule has 1 N–H and O–H groups in total. The highest BCUT2D eigenvalue weighted by atomic mass is 16.2. The van der Waals surface area contributed by atoms with Crippen LogP contribution in [0.25, 0.3) is 0 Å². The van der Waals surface area contributed by atoms with Crippen LogP contribution in [0.4, 0.5) is 11.4 Å². The van der Waals surface area contributed by atoms with Crippen LogP contribution in [0, 0.1) is 11.8 Å². The first kappa shape index (κ1) is 22.6. The Morgan fingerprint density at radius 2 is 1.67 bits per heavy atom. The van der Waals surface area contributed by atoms with Crippen LogP contribution in [0.5, 0.6) is 0 Å². The number of nitrogens with one attached hydrogen (secondary N) is 1. The van der Waals surface area contributed by atoms with E-state index in [1.54, 1.807) is 0 Å². The minimum atomic E-state index is 0.0967. The first-order valence-electron chi connectivity index (χ1n) is 12.1. The Labute approximate surface area is 182 Å². The standard InChI is InChI=1S/C25H39N3O2/c1-3-5-9-20(4-2)24(29)26-22-12-14-23(15-13-22)27-16-18-28(19-17-27)25(30)21-10-7-6-8-11-21/h12-15,20-21H,3-11,16-19H2,1-2H3,(H,26,29). The quantitative estimate of drug-likeness (QED) is 0.647. The molecule has 2 fully saturated rings. The fraction of sp³-hybridized carbons (Fsp3) is 0.680. The smallest absolute Gasteiger partial charge is 0.227 e. The summed E-state index contributed by atoms with van der Waals surface area (Å²) >= 11 is 0. The second-order valence-electron chi connectivity index (χ2n) is 8.93. The second-order valence-corrected chi connectivity index (χ2v) is 8.93. The molecule has 1 aliphatic heterocycles. The molecule has 1 aliphatic carbocycles. The van der Waals surface area contributed by atoms with E-state index in [2.05, 4.69) is 41.1 Å². The van der Waals surface area contributed by atoms with Gasteiger partial charge >= 0.3 is 0 Å². The number of benzene rings is 1. The molecule has 5 nitrogen and oxygen atoms in total. The minimum Gasteiger partial charge on any atom is -0.368 e. The van der Waals surface area contributed by atoms with Crippen molar-refractivity contribution in [2.75, 3.05) is 36.4 Å². The maximum Gasteiger partial charge on any atom is 0.227 e. The number of rotatable bonds is 8. The van der Waals surface area contributed by atoms with E-state index in [9.17, 15) is 9.59 Å². The van der Waals surface area contributed by atoms with Crippen LogP contribution >= 0.6 is 0 Å². The maximum absolute atomic E-state index is 12.8. The highest BCUT2D eigenvalue weighted by molar-refractivity contribution is 5.92. The average Bonchev–Trinajstić information content (AvgIpc) is 2.80. The molecule has 0 spiro atoms. The summed E-state index contributed by atoms with van der Waals surface area (Å²) in [5.74, 6) is 0.867. The molecule has 5 heteroatoms. The van der Waals surface area contributed by atoms with Gasteiger partial charge in [-0.25, -0.2) is 0 Å². The minimum absolute atomic E-state index is 0.0967. The zero-order valence-corrected chi connectivity index (χ0v) is 18.9. The third kappa shape index (κ3) is 5.99. The second kappa shape index (κ2) is 11.4. The van der Waals surface area contributed by atoms with Gasteiger partial charge in [0, 0.05) is 49.4 Å². The predicted octanol–water partition coefficient (Wildman–Crippen LogP) is 5.07. The van der Waals surface area contributed by atoms with Crippen LogP contribution in [-0.4, -0.2) is 42.9 Å². The van der Waals surface area contributed by atoms with Crippen LogP contribution in [0.3, 0.4) is 0 Å². The van der Waals surface area contributed by atoms with Gasteiger partial charge < -0.3 is 15.1 Å². The Balaban J connectivity index is 1.48. The maximum atomic E-state index is 12.8. The molecule has 1 heterocycles. The number of amides is 2. The van der Waals surface area contributed by atoms with Crippen molar-refractivity contribution in [3.8, 4) is 0 Å². The summed E-state index contributed by atoms with van der Waals surface area (Å²) in [6.07, 6.45) is 9.90. The zero-order valence-electron chi connectivity index (χ0n) is 18.9. The molecule has 1 aromatic carbocycles. The molecule has 166 valence electrons. The lowest BCUT2D eigenvalue weighted by atomic mass is 9.88. The lowest BCUT2D eigenvalue weighted by molar-refractivity contribution is -0.136. The summed E-state index contributed by atoms with van der Waals surface area (Å²) in [5.41, 5.74) is 2.03. The lowest BCUT2D eigenvalue weighted by Gasteiger charge is -2.38. The highest BCUT2D eigenvalue weighted by Gasteiger charge is 2.28. The summed E-state index contributed by atoms with van der Waals surface area (Å²) in [6, 6.07) is 8.17. The summed E-state index contributed by atoms with van der Waals surface area (Å²) in [7, 11) is 0. The van der Waals surface area contributed by atoms with Crippen molar-refractivity contribution >= 4 is 23.2 Å². The average molecular weight is 414 g/mol. The van der Waals surface area contributed by atoms with Gasteiger partial charge in [-0.15, -0.1) is 0 Å². The normalized spacial score (nSPS) is 18.9. The summed E-state index contributed by atoms with van der Waals surface area (Å²) in [5, 5.41) is 3.08. The summed E-state index contributed by atoms with van der Waals surface area (Å²) in [4.78, 5) is 29.7. The summed E-state index contributed by atoms with van der Waals surface area (Å²) < 4.78 is 0. The van der Waals surface area contributed by atoms with Gasteiger partial charge in [0.05, 0.1) is 0 Å². The van der Waals surface area contributed by atoms with E-state index >= 15 is 0 Å². The molecule has 1 atom stereocenters. The largest absolute Gasteiger partial charge is 0.368 e. The lowest BCUT2D eigenvalue weighted by Crippen LogP contribution is -2.50. The first-order chi connectivity index (χ1) is 14.6. The van der Waals surface area contributed by atoms with E-state index in [1.165, 1.54) is 19.3 Å². The van der Waals surface area contributed by atoms with E-state index < -0.39 is 0 Å². The SMILES string of the molecule is CCCCC(CC)C(=O)Nc1ccc(N2CCN(C(=O)C3CCCCC3)CC2)cc1. The Hall–Kier alpha value is -2.04. The van der Waals surface area contributed by atoms with Gasteiger partial charge in [-0.05, 0) is 49.9 Å². The highest BCUT2D eigenvalue weighted by Crippen LogP contribution is 2.27. The van der Waals surface area contributed by atoms with Crippen molar-refractivity contribution in [3.63, 3.8) is 0 Å². The van der Waals surface area contributed by atoms with E-state index in [0.29, 0.717) is 5.91 Å². The van der Waals surface area contributed by atoms with Crippen molar-refractivity contribution < 1.29 is 9.59 Å². The van der Waals surface area contributed by atoms with Crippen LogP contribution in [0.15, 0.2) is 24.3 Å². The Morgan fingerprint density at radius 1 is 1.00 bits per heavy atom. The van der Waals surface area contributed by atoms with Crippen molar-refractivity contribution in [3.05, 3.63) is 24.3 Å². The van der Waals surface area contributed by atoms with Gasteiger partial charge in [-0.2, -0.15) is 0 Å². The topological polar surface area (TPSA) is 52.7 Å². The third-order valence-electron chi connectivity index (χ3n) is 6.82. The first-order valence-corrected chi connectivity index (χ1v) is 12.1. The molecule has 0 aromatic heterocycles. The molecule has 2 aliphatic rings. The number of anilines is 2. The van der Waals surface area contributed by atoms with Gasteiger partial charge in [0.15, 0.2) is 0 Å². The number of piperazine rings is 1. The molecule has 3 rings (SSSR count). The number of carbonyl (C=O) groups excluding carboxylic acids is 2. The summed E-state index contributed by atoms with van der Waals surface area (Å²) in [6.45, 7) is 7.61. The fourth-order valence-corrected chi connectivity index (χ4v) is 4.76. The van der Waals surface area contributed by atoms with Gasteiger partial charge in [-0.1, -0.05) is 46.0 Å². The number of nitrogens with zero attached hydrogens (tertiary/aromatic N) is 2. The van der Waals surface area contributed by atoms with Crippen LogP contribution < -0.4 is 10.2 Å². The number of carbonyl (C=O) groups is 2. The monoisotopic (exact) mass is 413 g/mol. The molecule has 0 radical (unpaired) electrons. The van der Waals surface area contributed by atoms with Gasteiger partial charge in [-0.3, -0.25) is 9.59 Å². The molecule has 1 saturated carbocycles. The fourth-order valence-electron chi connectivity index (χ4n) is 4.76. The number of unbranched alkanes of at least 4 members (excludes halogenated alkanes) is 1. The van der Waals surface area contributed by atoms with Crippen molar-refractivity contribution in [2.45, 2.75) is 71.6 Å². The third-order valence-corrected chi connectivity index (χ3v) is 6.82. The van der Waals surface area contributed by atoms with E-state index in [-0.39, 0.29) is 17.7 Å². The van der Waals surface area contributed by atoms with E-state index in [0.717, 1.165) is 76.1 Å². The molecule has 0 bridgehead atoms. The molecule has 1 unspecified atom stereocenters. The molecule has 1 aromatic rings. The van der Waals surface area contributed by atoms with Gasteiger partial charge in [0.1, 0.15) is 0 Å².